The van der Waals surface area contributed by atoms with Crippen molar-refractivity contribution in [3.8, 4) is 5.75 Å². The first-order valence-electron chi connectivity index (χ1n) is 8.42. The number of aryl methyl sites for hydroxylation is 1. The third kappa shape index (κ3) is 5.24. The van der Waals surface area contributed by atoms with Gasteiger partial charge in [-0.05, 0) is 55.2 Å². The van der Waals surface area contributed by atoms with Crippen molar-refractivity contribution in [2.24, 2.45) is 5.92 Å². The zero-order valence-corrected chi connectivity index (χ0v) is 13.8. The van der Waals surface area contributed by atoms with Crippen LogP contribution < -0.4 is 15.4 Å². The fourth-order valence-corrected chi connectivity index (χ4v) is 2.74. The molecule has 0 unspecified atom stereocenters. The number of ether oxygens (including phenoxy) is 1. The maximum absolute atomic E-state index is 11.6. The van der Waals surface area contributed by atoms with E-state index in [0.717, 1.165) is 31.6 Å². The van der Waals surface area contributed by atoms with Gasteiger partial charge in [-0.25, -0.2) is 4.79 Å². The number of fused-ring (bicyclic) bond motifs is 1. The van der Waals surface area contributed by atoms with Gasteiger partial charge in [-0.3, -0.25) is 0 Å². The summed E-state index contributed by atoms with van der Waals surface area (Å²) in [6.45, 7) is 6.05. The number of carbonyl (C=O) groups is 1. The average molecular weight is 304 g/mol. The van der Waals surface area contributed by atoms with Gasteiger partial charge in [0, 0.05) is 6.54 Å². The van der Waals surface area contributed by atoms with Crippen molar-refractivity contribution in [1.29, 1.82) is 0 Å². The van der Waals surface area contributed by atoms with Gasteiger partial charge in [-0.1, -0.05) is 26.0 Å². The Morgan fingerprint density at radius 3 is 2.77 bits per heavy atom. The first-order chi connectivity index (χ1) is 10.7. The summed E-state index contributed by atoms with van der Waals surface area (Å²) >= 11 is 0. The van der Waals surface area contributed by atoms with Crippen molar-refractivity contribution in [3.05, 3.63) is 29.3 Å². The summed E-state index contributed by atoms with van der Waals surface area (Å²) in [7, 11) is 0. The fourth-order valence-electron chi connectivity index (χ4n) is 2.74. The lowest BCUT2D eigenvalue weighted by Crippen LogP contribution is -2.38. The molecule has 0 fully saturated rings. The lowest BCUT2D eigenvalue weighted by molar-refractivity contribution is 0.235. The highest BCUT2D eigenvalue weighted by molar-refractivity contribution is 5.73. The summed E-state index contributed by atoms with van der Waals surface area (Å²) in [5.41, 5.74) is 2.78. The van der Waals surface area contributed by atoms with Gasteiger partial charge in [0.15, 0.2) is 0 Å². The number of carbonyl (C=O) groups excluding carboxylic acids is 1. The molecule has 0 atom stereocenters. The molecule has 2 rings (SSSR count). The molecule has 2 N–H and O–H groups in total. The minimum atomic E-state index is -0.112. The van der Waals surface area contributed by atoms with Crippen LogP contribution in [0, 0.1) is 5.92 Å². The summed E-state index contributed by atoms with van der Waals surface area (Å²) in [5, 5.41) is 5.69. The lowest BCUT2D eigenvalue weighted by Gasteiger charge is -2.19. The van der Waals surface area contributed by atoms with Crippen LogP contribution in [-0.2, 0) is 12.8 Å². The van der Waals surface area contributed by atoms with Crippen LogP contribution in [0.25, 0.3) is 0 Å². The molecule has 1 aromatic carbocycles. The van der Waals surface area contributed by atoms with Gasteiger partial charge in [0.2, 0.25) is 0 Å². The Hall–Kier alpha value is -1.71. The summed E-state index contributed by atoms with van der Waals surface area (Å²) in [6.07, 6.45) is 5.77. The molecule has 0 spiro atoms. The first-order valence-corrected chi connectivity index (χ1v) is 8.42. The predicted molar refractivity (Wildman–Crippen MR) is 89.4 cm³/mol. The molecule has 0 radical (unpaired) electrons. The highest BCUT2D eigenvalue weighted by Gasteiger charge is 2.13. The van der Waals surface area contributed by atoms with E-state index < -0.39 is 0 Å². The molecule has 0 heterocycles. The van der Waals surface area contributed by atoms with Crippen molar-refractivity contribution in [3.63, 3.8) is 0 Å². The van der Waals surface area contributed by atoms with Gasteiger partial charge in [0.25, 0.3) is 0 Å². The van der Waals surface area contributed by atoms with E-state index in [1.807, 2.05) is 6.07 Å². The van der Waals surface area contributed by atoms with Gasteiger partial charge in [0.1, 0.15) is 12.4 Å². The Bertz CT molecular complexity index is 486. The molecule has 1 aromatic rings. The largest absolute Gasteiger partial charge is 0.491 e. The number of rotatable bonds is 7. The third-order valence-electron chi connectivity index (χ3n) is 4.01. The van der Waals surface area contributed by atoms with Crippen LogP contribution in [0.3, 0.4) is 0 Å². The maximum atomic E-state index is 11.6. The smallest absolute Gasteiger partial charge is 0.314 e. The minimum Gasteiger partial charge on any atom is -0.491 e. The fraction of sp³-hybridized carbons (Fsp3) is 0.611. The van der Waals surface area contributed by atoms with Crippen LogP contribution in [-0.4, -0.2) is 25.7 Å². The van der Waals surface area contributed by atoms with Crippen LogP contribution in [0.4, 0.5) is 4.79 Å². The number of urea groups is 1. The highest BCUT2D eigenvalue weighted by Crippen LogP contribution is 2.29. The van der Waals surface area contributed by atoms with E-state index in [1.54, 1.807) is 0 Å². The van der Waals surface area contributed by atoms with Crippen LogP contribution in [0.5, 0.6) is 5.75 Å². The van der Waals surface area contributed by atoms with E-state index in [2.05, 4.69) is 36.6 Å². The van der Waals surface area contributed by atoms with Crippen molar-refractivity contribution < 1.29 is 9.53 Å². The molecule has 2 amide bonds. The Kier molecular flexibility index (Phi) is 6.56. The molecule has 0 bridgehead atoms. The van der Waals surface area contributed by atoms with Gasteiger partial charge < -0.3 is 15.4 Å². The van der Waals surface area contributed by atoms with E-state index in [-0.39, 0.29) is 6.03 Å². The lowest BCUT2D eigenvalue weighted by atomic mass is 9.91. The zero-order valence-electron chi connectivity index (χ0n) is 13.8. The number of hydrogen-bond donors (Lipinski definition) is 2. The Balaban J connectivity index is 1.68. The summed E-state index contributed by atoms with van der Waals surface area (Å²) in [4.78, 5) is 11.6. The summed E-state index contributed by atoms with van der Waals surface area (Å²) in [5.74, 6) is 1.59. The van der Waals surface area contributed by atoms with E-state index >= 15 is 0 Å². The monoisotopic (exact) mass is 304 g/mol. The summed E-state index contributed by atoms with van der Waals surface area (Å²) in [6, 6.07) is 6.18. The first kappa shape index (κ1) is 16.7. The molecule has 1 aliphatic rings. The normalized spacial score (nSPS) is 13.6. The molecule has 0 saturated heterocycles. The van der Waals surface area contributed by atoms with E-state index in [9.17, 15) is 4.79 Å². The molecule has 1 aliphatic carbocycles. The molecule has 4 nitrogen and oxygen atoms in total. The van der Waals surface area contributed by atoms with E-state index in [4.69, 9.17) is 4.74 Å². The summed E-state index contributed by atoms with van der Waals surface area (Å²) < 4.78 is 5.86. The minimum absolute atomic E-state index is 0.112. The number of nitrogens with one attached hydrogen (secondary N) is 2. The number of amides is 2. The van der Waals surface area contributed by atoms with Gasteiger partial charge in [-0.2, -0.15) is 0 Å². The number of hydrogen-bond acceptors (Lipinski definition) is 2. The molecule has 0 aromatic heterocycles. The van der Waals surface area contributed by atoms with Crippen LogP contribution >= 0.6 is 0 Å². The topological polar surface area (TPSA) is 50.4 Å². The Morgan fingerprint density at radius 1 is 1.18 bits per heavy atom. The van der Waals surface area contributed by atoms with Crippen LogP contribution in [0.2, 0.25) is 0 Å². The molecular formula is C18H28N2O2. The average Bonchev–Trinajstić information content (AvgIpc) is 2.51. The third-order valence-corrected chi connectivity index (χ3v) is 4.01. The molecule has 22 heavy (non-hydrogen) atoms. The molecule has 0 aliphatic heterocycles. The molecule has 0 saturated carbocycles. The van der Waals surface area contributed by atoms with Crippen LogP contribution in [0.1, 0.15) is 44.2 Å². The standard InChI is InChI=1S/C18H28N2O2/c1-14(2)10-11-19-18(21)20-12-13-22-17-9-5-7-15-6-3-4-8-16(15)17/h5,7,9,14H,3-4,6,8,10-13H2,1-2H3,(H2,19,20,21). The van der Waals surface area contributed by atoms with Gasteiger partial charge in [-0.15, -0.1) is 0 Å². The quantitative estimate of drug-likeness (QED) is 0.759. The zero-order chi connectivity index (χ0) is 15.8. The highest BCUT2D eigenvalue weighted by atomic mass is 16.5. The Morgan fingerprint density at radius 2 is 1.95 bits per heavy atom. The molecule has 4 heteroatoms. The van der Waals surface area contributed by atoms with E-state index in [0.29, 0.717) is 19.1 Å². The predicted octanol–water partition coefficient (Wildman–Crippen LogP) is 3.29. The second-order valence-corrected chi connectivity index (χ2v) is 6.31. The second kappa shape index (κ2) is 8.66. The van der Waals surface area contributed by atoms with Gasteiger partial charge in [0.05, 0.1) is 6.54 Å². The van der Waals surface area contributed by atoms with Crippen LogP contribution in [0.15, 0.2) is 18.2 Å². The maximum Gasteiger partial charge on any atom is 0.314 e. The van der Waals surface area contributed by atoms with Crippen molar-refractivity contribution in [2.45, 2.75) is 46.0 Å². The van der Waals surface area contributed by atoms with Crippen molar-refractivity contribution in [1.82, 2.24) is 10.6 Å². The second-order valence-electron chi connectivity index (χ2n) is 6.31. The molecular weight excluding hydrogens is 276 g/mol. The van der Waals surface area contributed by atoms with E-state index in [1.165, 1.54) is 24.0 Å². The SMILES string of the molecule is CC(C)CCNC(=O)NCCOc1cccc2c1CCCC2. The Labute approximate surface area is 133 Å². The van der Waals surface area contributed by atoms with Crippen molar-refractivity contribution >= 4 is 6.03 Å². The number of benzene rings is 1. The van der Waals surface area contributed by atoms with Gasteiger partial charge >= 0.3 is 6.03 Å². The molecule has 122 valence electrons. The van der Waals surface area contributed by atoms with Crippen molar-refractivity contribution in [2.75, 3.05) is 19.7 Å².